The second-order valence-corrected chi connectivity index (χ2v) is 6.08. The summed E-state index contributed by atoms with van der Waals surface area (Å²) in [5.74, 6) is 0.663. The summed E-state index contributed by atoms with van der Waals surface area (Å²) < 4.78 is 0. The lowest BCUT2D eigenvalue weighted by atomic mass is 9.96. The van der Waals surface area contributed by atoms with Crippen LogP contribution in [0.4, 0.5) is 5.69 Å². The lowest BCUT2D eigenvalue weighted by Gasteiger charge is -2.33. The van der Waals surface area contributed by atoms with E-state index in [-0.39, 0.29) is 5.91 Å². The molecule has 1 heterocycles. The van der Waals surface area contributed by atoms with Crippen LogP contribution < -0.4 is 5.73 Å². The molecule has 1 aromatic rings. The van der Waals surface area contributed by atoms with E-state index in [1.807, 2.05) is 4.90 Å². The van der Waals surface area contributed by atoms with Crippen LogP contribution in [0.5, 0.6) is 0 Å². The topological polar surface area (TPSA) is 49.6 Å². The van der Waals surface area contributed by atoms with Crippen molar-refractivity contribution in [1.29, 1.82) is 0 Å². The number of likely N-dealkylation sites (tertiary alicyclic amines) is 1. The van der Waals surface area contributed by atoms with Crippen molar-refractivity contribution < 1.29 is 4.79 Å². The van der Waals surface area contributed by atoms with E-state index >= 15 is 0 Å². The van der Waals surface area contributed by atoms with Crippen LogP contribution in [0.2, 0.25) is 5.02 Å². The number of anilines is 1. The van der Waals surface area contributed by atoms with E-state index in [0.29, 0.717) is 22.2 Å². The van der Waals surface area contributed by atoms with Crippen molar-refractivity contribution in [2.45, 2.75) is 12.8 Å². The van der Waals surface area contributed by atoms with Gasteiger partial charge in [0.1, 0.15) is 0 Å². The van der Waals surface area contributed by atoms with E-state index in [4.69, 9.17) is 17.3 Å². The SMILES string of the molecule is CN(C)CC1CCN(C(=O)c2cccc(N)c2Cl)CC1. The number of hydrogen-bond acceptors (Lipinski definition) is 3. The van der Waals surface area contributed by atoms with Gasteiger partial charge in [0, 0.05) is 19.6 Å². The van der Waals surface area contributed by atoms with Crippen LogP contribution in [0.25, 0.3) is 0 Å². The average molecular weight is 296 g/mol. The van der Waals surface area contributed by atoms with Gasteiger partial charge < -0.3 is 15.5 Å². The van der Waals surface area contributed by atoms with Crippen molar-refractivity contribution >= 4 is 23.2 Å². The largest absolute Gasteiger partial charge is 0.398 e. The molecule has 0 unspecified atom stereocenters. The number of carbonyl (C=O) groups excluding carboxylic acids is 1. The predicted octanol–water partition coefficient (Wildman–Crippen LogP) is 2.34. The van der Waals surface area contributed by atoms with Crippen molar-refractivity contribution in [3.63, 3.8) is 0 Å². The molecule has 4 nitrogen and oxygen atoms in total. The maximum absolute atomic E-state index is 12.5. The number of nitrogens with two attached hydrogens (primary N) is 1. The Labute approximate surface area is 125 Å². The molecule has 0 spiro atoms. The maximum Gasteiger partial charge on any atom is 0.255 e. The zero-order valence-electron chi connectivity index (χ0n) is 12.1. The number of amides is 1. The lowest BCUT2D eigenvalue weighted by Crippen LogP contribution is -2.40. The zero-order valence-corrected chi connectivity index (χ0v) is 12.9. The Kier molecular flexibility index (Phi) is 4.89. The minimum atomic E-state index is -0.00870. The summed E-state index contributed by atoms with van der Waals surface area (Å²) in [6.45, 7) is 2.67. The van der Waals surface area contributed by atoms with Gasteiger partial charge >= 0.3 is 0 Å². The van der Waals surface area contributed by atoms with Gasteiger partial charge in [-0.05, 0) is 45.0 Å². The third-order valence-corrected chi connectivity index (χ3v) is 4.21. The number of nitrogen functional groups attached to an aromatic ring is 1. The summed E-state index contributed by atoms with van der Waals surface area (Å²) in [4.78, 5) is 16.6. The van der Waals surface area contributed by atoms with Gasteiger partial charge in [-0.1, -0.05) is 17.7 Å². The Hall–Kier alpha value is -1.26. The normalized spacial score (nSPS) is 16.7. The van der Waals surface area contributed by atoms with Crippen molar-refractivity contribution in [1.82, 2.24) is 9.80 Å². The fraction of sp³-hybridized carbons (Fsp3) is 0.533. The van der Waals surface area contributed by atoms with E-state index in [2.05, 4.69) is 19.0 Å². The Morgan fingerprint density at radius 1 is 1.40 bits per heavy atom. The summed E-state index contributed by atoms with van der Waals surface area (Å²) in [7, 11) is 4.17. The predicted molar refractivity (Wildman–Crippen MR) is 83.0 cm³/mol. The minimum absolute atomic E-state index is 0.00870. The molecule has 0 bridgehead atoms. The Bertz CT molecular complexity index is 482. The summed E-state index contributed by atoms with van der Waals surface area (Å²) in [5, 5.41) is 0.368. The van der Waals surface area contributed by atoms with Gasteiger partial charge in [0.05, 0.1) is 16.3 Å². The van der Waals surface area contributed by atoms with Crippen LogP contribution in [0.1, 0.15) is 23.2 Å². The molecule has 1 aliphatic rings. The van der Waals surface area contributed by atoms with Crippen molar-refractivity contribution in [2.75, 3.05) is 39.5 Å². The molecule has 0 atom stereocenters. The zero-order chi connectivity index (χ0) is 14.7. The number of piperidine rings is 1. The van der Waals surface area contributed by atoms with Gasteiger partial charge in [-0.2, -0.15) is 0 Å². The molecule has 110 valence electrons. The Balaban J connectivity index is 2.00. The van der Waals surface area contributed by atoms with E-state index in [9.17, 15) is 4.79 Å². The molecule has 0 aliphatic carbocycles. The van der Waals surface area contributed by atoms with Crippen molar-refractivity contribution in [3.8, 4) is 0 Å². The summed E-state index contributed by atoms with van der Waals surface area (Å²) >= 11 is 6.13. The van der Waals surface area contributed by atoms with Crippen LogP contribution in [-0.4, -0.2) is 49.4 Å². The molecule has 2 N–H and O–H groups in total. The number of halogens is 1. The molecular weight excluding hydrogens is 274 g/mol. The number of nitrogens with zero attached hydrogens (tertiary/aromatic N) is 2. The summed E-state index contributed by atoms with van der Waals surface area (Å²) in [6, 6.07) is 5.22. The molecule has 0 saturated carbocycles. The summed E-state index contributed by atoms with van der Waals surface area (Å²) in [5.41, 5.74) is 6.73. The minimum Gasteiger partial charge on any atom is -0.398 e. The monoisotopic (exact) mass is 295 g/mol. The maximum atomic E-state index is 12.5. The van der Waals surface area contributed by atoms with Crippen molar-refractivity contribution in [2.24, 2.45) is 5.92 Å². The molecule has 1 aliphatic heterocycles. The molecule has 0 aromatic heterocycles. The number of rotatable bonds is 3. The molecule has 0 radical (unpaired) electrons. The van der Waals surface area contributed by atoms with Crippen LogP contribution in [0.15, 0.2) is 18.2 Å². The van der Waals surface area contributed by atoms with Gasteiger partial charge in [0.25, 0.3) is 5.91 Å². The van der Waals surface area contributed by atoms with E-state index in [1.54, 1.807) is 18.2 Å². The molecule has 1 saturated heterocycles. The van der Waals surface area contributed by atoms with Gasteiger partial charge in [-0.25, -0.2) is 0 Å². The summed E-state index contributed by atoms with van der Waals surface area (Å²) in [6.07, 6.45) is 2.09. The average Bonchev–Trinajstić information content (AvgIpc) is 2.41. The second-order valence-electron chi connectivity index (χ2n) is 5.71. The molecule has 1 fully saturated rings. The fourth-order valence-electron chi connectivity index (χ4n) is 2.72. The standard InChI is InChI=1S/C15H22ClN3O/c1-18(2)10-11-6-8-19(9-7-11)15(20)12-4-3-5-13(17)14(12)16/h3-5,11H,6-10,17H2,1-2H3. The molecule has 20 heavy (non-hydrogen) atoms. The highest BCUT2D eigenvalue weighted by Gasteiger charge is 2.25. The molecular formula is C15H22ClN3O. The number of hydrogen-bond donors (Lipinski definition) is 1. The fourth-order valence-corrected chi connectivity index (χ4v) is 2.93. The number of carbonyl (C=O) groups is 1. The third kappa shape index (κ3) is 3.44. The molecule has 1 aromatic carbocycles. The first-order chi connectivity index (χ1) is 9.49. The Morgan fingerprint density at radius 2 is 2.05 bits per heavy atom. The van der Waals surface area contributed by atoms with Gasteiger partial charge in [0.2, 0.25) is 0 Å². The highest BCUT2D eigenvalue weighted by Crippen LogP contribution is 2.26. The van der Waals surface area contributed by atoms with Crippen LogP contribution in [-0.2, 0) is 0 Å². The van der Waals surface area contributed by atoms with Gasteiger partial charge in [-0.15, -0.1) is 0 Å². The highest BCUT2D eigenvalue weighted by molar-refractivity contribution is 6.36. The van der Waals surface area contributed by atoms with Crippen LogP contribution in [0, 0.1) is 5.92 Å². The first-order valence-electron chi connectivity index (χ1n) is 6.97. The Morgan fingerprint density at radius 3 is 2.65 bits per heavy atom. The van der Waals surface area contributed by atoms with Crippen LogP contribution >= 0.6 is 11.6 Å². The smallest absolute Gasteiger partial charge is 0.255 e. The van der Waals surface area contributed by atoms with Gasteiger partial charge in [0.15, 0.2) is 0 Å². The van der Waals surface area contributed by atoms with Crippen molar-refractivity contribution in [3.05, 3.63) is 28.8 Å². The quantitative estimate of drug-likeness (QED) is 0.871. The van der Waals surface area contributed by atoms with E-state index < -0.39 is 0 Å². The van der Waals surface area contributed by atoms with Gasteiger partial charge in [-0.3, -0.25) is 4.79 Å². The first kappa shape index (κ1) is 15.1. The first-order valence-corrected chi connectivity index (χ1v) is 7.35. The highest BCUT2D eigenvalue weighted by atomic mass is 35.5. The van der Waals surface area contributed by atoms with E-state index in [1.165, 1.54) is 0 Å². The lowest BCUT2D eigenvalue weighted by molar-refractivity contribution is 0.0678. The third-order valence-electron chi connectivity index (χ3n) is 3.78. The second kappa shape index (κ2) is 6.46. The molecule has 2 rings (SSSR count). The number of benzene rings is 1. The molecule has 5 heteroatoms. The van der Waals surface area contributed by atoms with E-state index in [0.717, 1.165) is 32.5 Å². The molecule has 1 amide bonds. The van der Waals surface area contributed by atoms with Crippen LogP contribution in [0.3, 0.4) is 0 Å².